The second-order valence-electron chi connectivity index (χ2n) is 4.20. The van der Waals surface area contributed by atoms with Crippen molar-refractivity contribution in [3.8, 4) is 6.07 Å². The van der Waals surface area contributed by atoms with Gasteiger partial charge in [-0.3, -0.25) is 0 Å². The molecule has 0 saturated heterocycles. The number of anilines is 1. The molecular formula is C12H13ClN2. The highest BCUT2D eigenvalue weighted by Crippen LogP contribution is 2.48. The first-order chi connectivity index (χ1) is 7.24. The Balaban J connectivity index is 1.91. The van der Waals surface area contributed by atoms with Crippen LogP contribution in [0.1, 0.15) is 19.3 Å². The average Bonchev–Trinajstić information content (AvgIpc) is 2.97. The summed E-state index contributed by atoms with van der Waals surface area (Å²) in [5.41, 5.74) is 1.27. The van der Waals surface area contributed by atoms with Gasteiger partial charge in [-0.1, -0.05) is 17.7 Å². The van der Waals surface area contributed by atoms with Gasteiger partial charge in [-0.05, 0) is 31.0 Å². The van der Waals surface area contributed by atoms with Gasteiger partial charge in [0.2, 0.25) is 0 Å². The van der Waals surface area contributed by atoms with Gasteiger partial charge >= 0.3 is 0 Å². The molecule has 1 aliphatic rings. The minimum atomic E-state index is 0.233. The van der Waals surface area contributed by atoms with Crippen molar-refractivity contribution >= 4 is 17.3 Å². The molecule has 1 aromatic carbocycles. The van der Waals surface area contributed by atoms with E-state index in [1.807, 2.05) is 24.3 Å². The SMILES string of the molecule is N#CCC1(CNc2cccc(Cl)c2)CC1. The van der Waals surface area contributed by atoms with Crippen LogP contribution in [0.2, 0.25) is 5.02 Å². The molecule has 3 heteroatoms. The topological polar surface area (TPSA) is 35.8 Å². The number of hydrogen-bond acceptors (Lipinski definition) is 2. The van der Waals surface area contributed by atoms with Crippen LogP contribution in [0, 0.1) is 16.7 Å². The molecule has 0 spiro atoms. The van der Waals surface area contributed by atoms with Gasteiger partial charge in [-0.25, -0.2) is 0 Å². The number of benzene rings is 1. The summed E-state index contributed by atoms with van der Waals surface area (Å²) in [6.45, 7) is 0.876. The van der Waals surface area contributed by atoms with Crippen LogP contribution < -0.4 is 5.32 Å². The van der Waals surface area contributed by atoms with Gasteiger partial charge in [0.1, 0.15) is 0 Å². The summed E-state index contributed by atoms with van der Waals surface area (Å²) in [6.07, 6.45) is 2.98. The number of nitrogens with one attached hydrogen (secondary N) is 1. The van der Waals surface area contributed by atoms with Crippen molar-refractivity contribution in [3.05, 3.63) is 29.3 Å². The largest absolute Gasteiger partial charge is 0.384 e. The lowest BCUT2D eigenvalue weighted by molar-refractivity contribution is 0.557. The monoisotopic (exact) mass is 220 g/mol. The lowest BCUT2D eigenvalue weighted by Gasteiger charge is -2.13. The Bertz CT molecular complexity index is 391. The molecule has 1 N–H and O–H groups in total. The molecule has 0 amide bonds. The first kappa shape index (κ1) is 10.3. The lowest BCUT2D eigenvalue weighted by Crippen LogP contribution is -2.14. The van der Waals surface area contributed by atoms with Crippen molar-refractivity contribution in [2.75, 3.05) is 11.9 Å². The van der Waals surface area contributed by atoms with Crippen LogP contribution in [0.25, 0.3) is 0 Å². The molecule has 1 aliphatic carbocycles. The first-order valence-electron chi connectivity index (χ1n) is 5.11. The van der Waals surface area contributed by atoms with E-state index in [-0.39, 0.29) is 5.41 Å². The summed E-state index contributed by atoms with van der Waals surface area (Å²) in [6, 6.07) is 9.93. The molecule has 0 aliphatic heterocycles. The zero-order valence-corrected chi connectivity index (χ0v) is 9.22. The Hall–Kier alpha value is -1.20. The van der Waals surface area contributed by atoms with Crippen LogP contribution >= 0.6 is 11.6 Å². The van der Waals surface area contributed by atoms with Gasteiger partial charge < -0.3 is 5.32 Å². The van der Waals surface area contributed by atoms with Crippen LogP contribution in [0.4, 0.5) is 5.69 Å². The van der Waals surface area contributed by atoms with Crippen LogP contribution in [0.5, 0.6) is 0 Å². The molecule has 78 valence electrons. The Morgan fingerprint density at radius 2 is 2.27 bits per heavy atom. The maximum absolute atomic E-state index is 8.68. The van der Waals surface area contributed by atoms with Gasteiger partial charge in [0.15, 0.2) is 0 Å². The molecule has 0 unspecified atom stereocenters. The lowest BCUT2D eigenvalue weighted by atomic mass is 10.0. The maximum atomic E-state index is 8.68. The van der Waals surface area contributed by atoms with Crippen LogP contribution in [-0.4, -0.2) is 6.54 Å². The number of nitriles is 1. The van der Waals surface area contributed by atoms with Crippen LogP contribution in [0.15, 0.2) is 24.3 Å². The van der Waals surface area contributed by atoms with E-state index in [1.165, 1.54) is 0 Å². The highest BCUT2D eigenvalue weighted by atomic mass is 35.5. The summed E-state index contributed by atoms with van der Waals surface area (Å²) >= 11 is 5.88. The summed E-state index contributed by atoms with van der Waals surface area (Å²) < 4.78 is 0. The average molecular weight is 221 g/mol. The molecule has 1 fully saturated rings. The number of nitrogens with zero attached hydrogens (tertiary/aromatic N) is 1. The van der Waals surface area contributed by atoms with E-state index in [1.54, 1.807) is 0 Å². The van der Waals surface area contributed by atoms with E-state index in [9.17, 15) is 0 Å². The standard InChI is InChI=1S/C12H13ClN2/c13-10-2-1-3-11(8-10)15-9-12(4-5-12)6-7-14/h1-3,8,15H,4-6,9H2. The third-order valence-electron chi connectivity index (χ3n) is 2.90. The van der Waals surface area contributed by atoms with Crippen LogP contribution in [0.3, 0.4) is 0 Å². The minimum Gasteiger partial charge on any atom is -0.384 e. The van der Waals surface area contributed by atoms with Crippen molar-refractivity contribution in [1.29, 1.82) is 5.26 Å². The molecule has 0 aromatic heterocycles. The summed E-state index contributed by atoms with van der Waals surface area (Å²) in [7, 11) is 0. The van der Waals surface area contributed by atoms with Crippen molar-refractivity contribution in [3.63, 3.8) is 0 Å². The van der Waals surface area contributed by atoms with Crippen molar-refractivity contribution in [1.82, 2.24) is 0 Å². The molecule has 2 nitrogen and oxygen atoms in total. The summed E-state index contributed by atoms with van der Waals surface area (Å²) in [5.74, 6) is 0. The molecule has 0 heterocycles. The van der Waals surface area contributed by atoms with E-state index in [4.69, 9.17) is 16.9 Å². The van der Waals surface area contributed by atoms with Gasteiger partial charge in [0, 0.05) is 29.1 Å². The van der Waals surface area contributed by atoms with E-state index in [0.717, 1.165) is 30.1 Å². The van der Waals surface area contributed by atoms with Gasteiger partial charge in [0.25, 0.3) is 0 Å². The third kappa shape index (κ3) is 2.64. The zero-order chi connectivity index (χ0) is 10.7. The smallest absolute Gasteiger partial charge is 0.0628 e. The molecule has 1 aromatic rings. The van der Waals surface area contributed by atoms with Crippen molar-refractivity contribution < 1.29 is 0 Å². The fraction of sp³-hybridized carbons (Fsp3) is 0.417. The fourth-order valence-electron chi connectivity index (χ4n) is 1.65. The molecule has 0 radical (unpaired) electrons. The van der Waals surface area contributed by atoms with Gasteiger partial charge in [-0.2, -0.15) is 5.26 Å². The Labute approximate surface area is 94.9 Å². The van der Waals surface area contributed by atoms with E-state index >= 15 is 0 Å². The predicted molar refractivity (Wildman–Crippen MR) is 61.8 cm³/mol. The van der Waals surface area contributed by atoms with E-state index in [2.05, 4.69) is 11.4 Å². The van der Waals surface area contributed by atoms with Crippen molar-refractivity contribution in [2.24, 2.45) is 5.41 Å². The van der Waals surface area contributed by atoms with Crippen molar-refractivity contribution in [2.45, 2.75) is 19.3 Å². The number of hydrogen-bond donors (Lipinski definition) is 1. The second-order valence-corrected chi connectivity index (χ2v) is 4.64. The molecule has 0 bridgehead atoms. The van der Waals surface area contributed by atoms with Crippen LogP contribution in [-0.2, 0) is 0 Å². The Kier molecular flexibility index (Phi) is 2.83. The maximum Gasteiger partial charge on any atom is 0.0628 e. The Morgan fingerprint density at radius 3 is 2.87 bits per heavy atom. The molecule has 0 atom stereocenters. The molecule has 15 heavy (non-hydrogen) atoms. The molecule has 2 rings (SSSR count). The highest BCUT2D eigenvalue weighted by molar-refractivity contribution is 6.30. The van der Waals surface area contributed by atoms with Gasteiger partial charge in [0.05, 0.1) is 6.07 Å². The number of halogens is 1. The predicted octanol–water partition coefficient (Wildman–Crippen LogP) is 3.45. The quantitative estimate of drug-likeness (QED) is 0.844. The zero-order valence-electron chi connectivity index (χ0n) is 8.46. The molecule has 1 saturated carbocycles. The Morgan fingerprint density at radius 1 is 1.47 bits per heavy atom. The molecular weight excluding hydrogens is 208 g/mol. The highest BCUT2D eigenvalue weighted by Gasteiger charge is 2.42. The fourth-order valence-corrected chi connectivity index (χ4v) is 1.84. The van der Waals surface area contributed by atoms with E-state index < -0.39 is 0 Å². The minimum absolute atomic E-state index is 0.233. The summed E-state index contributed by atoms with van der Waals surface area (Å²) in [5, 5.41) is 12.8. The second kappa shape index (κ2) is 4.12. The summed E-state index contributed by atoms with van der Waals surface area (Å²) in [4.78, 5) is 0. The number of rotatable bonds is 4. The first-order valence-corrected chi connectivity index (χ1v) is 5.48. The van der Waals surface area contributed by atoms with E-state index in [0.29, 0.717) is 6.42 Å². The third-order valence-corrected chi connectivity index (χ3v) is 3.14. The van der Waals surface area contributed by atoms with Gasteiger partial charge in [-0.15, -0.1) is 0 Å². The normalized spacial score (nSPS) is 16.8.